The summed E-state index contributed by atoms with van der Waals surface area (Å²) in [6, 6.07) is 1.90. The molecule has 0 aliphatic carbocycles. The number of alkyl halides is 3. The van der Waals surface area contributed by atoms with Crippen LogP contribution in [0.4, 0.5) is 13.2 Å². The van der Waals surface area contributed by atoms with Crippen LogP contribution in [0.15, 0.2) is 12.1 Å². The van der Waals surface area contributed by atoms with Gasteiger partial charge < -0.3 is 25.6 Å². The summed E-state index contributed by atoms with van der Waals surface area (Å²) in [4.78, 5) is 24.6. The number of ether oxygens (including phenoxy) is 1. The van der Waals surface area contributed by atoms with Crippen molar-refractivity contribution in [1.82, 2.24) is 4.90 Å². The summed E-state index contributed by atoms with van der Waals surface area (Å²) in [5.74, 6) is -4.06. The predicted octanol–water partition coefficient (Wildman–Crippen LogP) is 2.40. The lowest BCUT2D eigenvalue weighted by molar-refractivity contribution is -0.208. The zero-order valence-corrected chi connectivity index (χ0v) is 16.5. The van der Waals surface area contributed by atoms with Crippen molar-refractivity contribution in [2.75, 3.05) is 19.7 Å². The lowest BCUT2D eigenvalue weighted by Gasteiger charge is -2.37. The maximum Gasteiger partial charge on any atom is 0.490 e. The van der Waals surface area contributed by atoms with Gasteiger partial charge in [-0.25, -0.2) is 4.79 Å². The van der Waals surface area contributed by atoms with Crippen LogP contribution in [0.3, 0.4) is 0 Å². The number of aliphatic hydroxyl groups excluding tert-OH is 1. The molecule has 1 fully saturated rings. The van der Waals surface area contributed by atoms with Gasteiger partial charge in [-0.3, -0.25) is 4.79 Å². The number of rotatable bonds is 5. The highest BCUT2D eigenvalue weighted by Crippen LogP contribution is 2.37. The number of piperidine rings is 1. The van der Waals surface area contributed by atoms with Crippen LogP contribution < -0.4 is 5.73 Å². The van der Waals surface area contributed by atoms with Crippen LogP contribution in [0.2, 0.25) is 10.0 Å². The fourth-order valence-corrected chi connectivity index (χ4v) is 3.47. The number of hydrogen-bond donors (Lipinski definition) is 3. The molecule has 7 nitrogen and oxygen atoms in total. The molecule has 162 valence electrons. The smallest absolute Gasteiger partial charge is 0.490 e. The second-order valence-electron chi connectivity index (χ2n) is 6.61. The number of esters is 1. The molecule has 0 aromatic heterocycles. The summed E-state index contributed by atoms with van der Waals surface area (Å²) in [5.41, 5.74) is 6.52. The molecule has 12 heteroatoms. The molecule has 1 aliphatic rings. The van der Waals surface area contributed by atoms with Crippen molar-refractivity contribution in [3.63, 3.8) is 0 Å². The van der Waals surface area contributed by atoms with Gasteiger partial charge in [0.15, 0.2) is 0 Å². The minimum absolute atomic E-state index is 0.0275. The first-order valence-corrected chi connectivity index (χ1v) is 9.32. The van der Waals surface area contributed by atoms with E-state index in [-0.39, 0.29) is 34.8 Å². The largest absolute Gasteiger partial charge is 0.508 e. The molecule has 3 atom stereocenters. The van der Waals surface area contributed by atoms with Crippen LogP contribution in [-0.2, 0) is 14.3 Å². The Kier molecular flexibility index (Phi) is 7.61. The average molecular weight is 459 g/mol. The standard InChI is InChI=1S/C17H19Cl2F3N2O5/c18-10-4-9(12(26)5-11(10)19)14(23)8-2-1-3-24(6-8)15(27)13(7-25)29-16(28)17(20,21)22/h4-5,8,13-14,25-26H,1-3,6-7,23H2/t8-,13-,14-/m1/s1. The summed E-state index contributed by atoms with van der Waals surface area (Å²) >= 11 is 11.8. The molecule has 1 aromatic carbocycles. The molecule has 0 spiro atoms. The second-order valence-corrected chi connectivity index (χ2v) is 7.43. The van der Waals surface area contributed by atoms with E-state index in [4.69, 9.17) is 28.9 Å². The van der Waals surface area contributed by atoms with Crippen molar-refractivity contribution >= 4 is 35.1 Å². The van der Waals surface area contributed by atoms with Crippen LogP contribution in [0.5, 0.6) is 5.75 Å². The molecule has 1 saturated heterocycles. The zero-order valence-electron chi connectivity index (χ0n) is 15.0. The molecule has 0 unspecified atom stereocenters. The summed E-state index contributed by atoms with van der Waals surface area (Å²) in [5, 5.41) is 19.6. The Morgan fingerprint density at radius 2 is 1.93 bits per heavy atom. The van der Waals surface area contributed by atoms with Gasteiger partial charge in [-0.15, -0.1) is 0 Å². The van der Waals surface area contributed by atoms with E-state index >= 15 is 0 Å². The van der Waals surface area contributed by atoms with Crippen molar-refractivity contribution in [1.29, 1.82) is 0 Å². The van der Waals surface area contributed by atoms with Crippen molar-refractivity contribution in [3.8, 4) is 5.75 Å². The molecule has 1 aliphatic heterocycles. The Morgan fingerprint density at radius 1 is 1.31 bits per heavy atom. The van der Waals surface area contributed by atoms with Crippen molar-refractivity contribution in [3.05, 3.63) is 27.7 Å². The van der Waals surface area contributed by atoms with Gasteiger partial charge in [0.25, 0.3) is 5.91 Å². The van der Waals surface area contributed by atoms with Crippen LogP contribution in [0.1, 0.15) is 24.4 Å². The van der Waals surface area contributed by atoms with Crippen LogP contribution in [0, 0.1) is 5.92 Å². The summed E-state index contributed by atoms with van der Waals surface area (Å²) in [6.07, 6.45) is -6.22. The maximum absolute atomic E-state index is 12.5. The third kappa shape index (κ3) is 5.65. The Labute approximate surface area is 174 Å². The van der Waals surface area contributed by atoms with Gasteiger partial charge in [-0.2, -0.15) is 13.2 Å². The van der Waals surface area contributed by atoms with E-state index in [0.29, 0.717) is 18.4 Å². The molecule has 1 amide bonds. The fraction of sp³-hybridized carbons (Fsp3) is 0.529. The van der Waals surface area contributed by atoms with Gasteiger partial charge in [0.2, 0.25) is 6.10 Å². The van der Waals surface area contributed by atoms with E-state index in [1.165, 1.54) is 17.0 Å². The number of nitrogens with zero attached hydrogens (tertiary/aromatic N) is 1. The number of phenolic OH excluding ortho intramolecular Hbond substituents is 1. The Hall–Kier alpha value is -1.75. The number of carbonyl (C=O) groups is 2. The Morgan fingerprint density at radius 3 is 2.52 bits per heavy atom. The molecule has 2 rings (SSSR count). The number of likely N-dealkylation sites (tertiary alicyclic amines) is 1. The quantitative estimate of drug-likeness (QED) is 0.583. The first-order valence-electron chi connectivity index (χ1n) is 8.56. The number of hydrogen-bond acceptors (Lipinski definition) is 6. The van der Waals surface area contributed by atoms with Gasteiger partial charge in [0.05, 0.1) is 16.7 Å². The Bertz CT molecular complexity index is 778. The molecule has 1 heterocycles. The van der Waals surface area contributed by atoms with Crippen LogP contribution in [-0.4, -0.2) is 59.0 Å². The molecule has 1 aromatic rings. The molecule has 0 saturated carbocycles. The second kappa shape index (κ2) is 9.38. The normalized spacial score (nSPS) is 19.6. The molecule has 29 heavy (non-hydrogen) atoms. The topological polar surface area (TPSA) is 113 Å². The van der Waals surface area contributed by atoms with Gasteiger partial charge in [0, 0.05) is 30.8 Å². The maximum atomic E-state index is 12.5. The highest BCUT2D eigenvalue weighted by atomic mass is 35.5. The van der Waals surface area contributed by atoms with E-state index in [1.807, 2.05) is 0 Å². The van der Waals surface area contributed by atoms with Gasteiger partial charge in [0.1, 0.15) is 5.75 Å². The first-order chi connectivity index (χ1) is 13.5. The van der Waals surface area contributed by atoms with Crippen LogP contribution >= 0.6 is 23.2 Å². The third-order valence-electron chi connectivity index (χ3n) is 4.63. The Balaban J connectivity index is 2.12. The third-order valence-corrected chi connectivity index (χ3v) is 5.35. The molecular formula is C17H19Cl2F3N2O5. The predicted molar refractivity (Wildman–Crippen MR) is 97.4 cm³/mol. The first kappa shape index (κ1) is 23.5. The number of benzene rings is 1. The molecule has 0 bridgehead atoms. The number of aliphatic hydroxyl groups is 1. The number of amides is 1. The summed E-state index contributed by atoms with van der Waals surface area (Å²) < 4.78 is 41.2. The molecule has 4 N–H and O–H groups in total. The van der Waals surface area contributed by atoms with Gasteiger partial charge in [-0.05, 0) is 24.8 Å². The van der Waals surface area contributed by atoms with E-state index < -0.39 is 36.8 Å². The molecular weight excluding hydrogens is 440 g/mol. The molecule has 0 radical (unpaired) electrons. The number of aromatic hydroxyl groups is 1. The number of halogens is 5. The van der Waals surface area contributed by atoms with E-state index in [0.717, 1.165) is 0 Å². The lowest BCUT2D eigenvalue weighted by Crippen LogP contribution is -2.49. The lowest BCUT2D eigenvalue weighted by atomic mass is 9.86. The summed E-state index contributed by atoms with van der Waals surface area (Å²) in [7, 11) is 0. The van der Waals surface area contributed by atoms with Crippen LogP contribution in [0.25, 0.3) is 0 Å². The number of phenols is 1. The summed E-state index contributed by atoms with van der Waals surface area (Å²) in [6.45, 7) is -0.878. The monoisotopic (exact) mass is 458 g/mol. The van der Waals surface area contributed by atoms with Crippen molar-refractivity contribution in [2.45, 2.75) is 31.2 Å². The average Bonchev–Trinajstić information content (AvgIpc) is 2.67. The highest BCUT2D eigenvalue weighted by molar-refractivity contribution is 6.42. The minimum Gasteiger partial charge on any atom is -0.508 e. The number of nitrogens with two attached hydrogens (primary N) is 1. The van der Waals surface area contributed by atoms with Crippen molar-refractivity contribution in [2.24, 2.45) is 11.7 Å². The van der Waals surface area contributed by atoms with Crippen molar-refractivity contribution < 1.29 is 37.7 Å². The SMILES string of the molecule is N[C@@H](c1cc(Cl)c(Cl)cc1O)[C@@H]1CCCN(C(=O)[C@@H](CO)OC(=O)C(F)(F)F)C1. The number of carbonyl (C=O) groups excluding carboxylic acids is 2. The van der Waals surface area contributed by atoms with E-state index in [9.17, 15) is 33.0 Å². The highest BCUT2D eigenvalue weighted by Gasteiger charge is 2.44. The fourth-order valence-electron chi connectivity index (χ4n) is 3.14. The van der Waals surface area contributed by atoms with Gasteiger partial charge in [-0.1, -0.05) is 23.2 Å². The minimum atomic E-state index is -5.29. The van der Waals surface area contributed by atoms with Gasteiger partial charge >= 0.3 is 12.1 Å². The zero-order chi connectivity index (χ0) is 21.9. The van der Waals surface area contributed by atoms with E-state index in [2.05, 4.69) is 4.74 Å². The van der Waals surface area contributed by atoms with E-state index in [1.54, 1.807) is 0 Å².